The molecule has 0 unspecified atom stereocenters. The van der Waals surface area contributed by atoms with Crippen molar-refractivity contribution in [1.82, 2.24) is 0 Å². The Morgan fingerprint density at radius 1 is 1.31 bits per heavy atom. The Morgan fingerprint density at radius 3 is 2.15 bits per heavy atom. The van der Waals surface area contributed by atoms with Gasteiger partial charge in [0.15, 0.2) is 0 Å². The molecule has 1 rings (SSSR count). The molecule has 3 heteroatoms. The van der Waals surface area contributed by atoms with Gasteiger partial charge in [0.25, 0.3) is 0 Å². The van der Waals surface area contributed by atoms with Gasteiger partial charge in [-0.15, -0.1) is 6.58 Å². The second-order valence-electron chi connectivity index (χ2n) is 3.31. The molecule has 0 radical (unpaired) electrons. The summed E-state index contributed by atoms with van der Waals surface area (Å²) in [6.07, 6.45) is 8.76. The van der Waals surface area contributed by atoms with E-state index in [1.54, 1.807) is 0 Å². The molecule has 1 aliphatic carbocycles. The van der Waals surface area contributed by atoms with Gasteiger partial charge in [0.2, 0.25) is 0 Å². The lowest BCUT2D eigenvalue weighted by molar-refractivity contribution is 0.137. The molecule has 0 aromatic heterocycles. The van der Waals surface area contributed by atoms with E-state index >= 15 is 0 Å². The van der Waals surface area contributed by atoms with Gasteiger partial charge in [0.1, 0.15) is 0 Å². The zero-order valence-corrected chi connectivity index (χ0v) is 7.91. The molecular weight excluding hydrogens is 168 g/mol. The largest absolute Gasteiger partial charge is 0.503 e. The summed E-state index contributed by atoms with van der Waals surface area (Å²) >= 11 is 0. The summed E-state index contributed by atoms with van der Waals surface area (Å²) in [4.78, 5) is 8.56. The van der Waals surface area contributed by atoms with E-state index in [-0.39, 0.29) is 0 Å². The molecule has 0 amide bonds. The monoisotopic (exact) mass is 186 g/mol. The predicted octanol–water partition coefficient (Wildman–Crippen LogP) is 3.37. The van der Waals surface area contributed by atoms with Gasteiger partial charge in [0.05, 0.1) is 0 Å². The van der Waals surface area contributed by atoms with Crippen LogP contribution in [0.4, 0.5) is 4.79 Å². The van der Waals surface area contributed by atoms with Gasteiger partial charge >= 0.3 is 6.16 Å². The van der Waals surface area contributed by atoms with Crippen molar-refractivity contribution >= 4 is 6.16 Å². The lowest BCUT2D eigenvalue weighted by Crippen LogP contribution is -2.04. The Morgan fingerprint density at radius 2 is 1.77 bits per heavy atom. The van der Waals surface area contributed by atoms with Crippen LogP contribution in [0.5, 0.6) is 0 Å². The normalized spacial score (nSPS) is 16.9. The van der Waals surface area contributed by atoms with Crippen molar-refractivity contribution in [3.05, 3.63) is 12.7 Å². The highest BCUT2D eigenvalue weighted by Gasteiger charge is 2.10. The molecule has 0 aliphatic heterocycles. The minimum absolute atomic E-state index is 0.983. The highest BCUT2D eigenvalue weighted by molar-refractivity contribution is 5.53. The Kier molecular flexibility index (Phi) is 7.07. The fourth-order valence-electron chi connectivity index (χ4n) is 1.66. The molecule has 0 heterocycles. The van der Waals surface area contributed by atoms with E-state index in [1.165, 1.54) is 38.5 Å². The van der Waals surface area contributed by atoms with Crippen molar-refractivity contribution in [2.24, 2.45) is 5.92 Å². The van der Waals surface area contributed by atoms with Gasteiger partial charge in [-0.2, -0.15) is 0 Å². The third-order valence-corrected chi connectivity index (χ3v) is 2.22. The van der Waals surface area contributed by atoms with E-state index in [9.17, 15) is 0 Å². The third-order valence-electron chi connectivity index (χ3n) is 2.22. The van der Waals surface area contributed by atoms with Crippen LogP contribution in [0.1, 0.15) is 38.5 Å². The van der Waals surface area contributed by atoms with Gasteiger partial charge in [-0.05, 0) is 12.3 Å². The SMILES string of the molecule is C=CCC1CCCCC1.O=C(O)O. The molecule has 0 aromatic carbocycles. The highest BCUT2D eigenvalue weighted by atomic mass is 16.6. The van der Waals surface area contributed by atoms with E-state index in [1.807, 2.05) is 0 Å². The summed E-state index contributed by atoms with van der Waals surface area (Å²) in [5.41, 5.74) is 0. The van der Waals surface area contributed by atoms with Crippen LogP contribution in [0, 0.1) is 5.92 Å². The molecular formula is C10H18O3. The van der Waals surface area contributed by atoms with Crippen molar-refractivity contribution in [1.29, 1.82) is 0 Å². The summed E-state index contributed by atoms with van der Waals surface area (Å²) in [5, 5.41) is 13.9. The lowest BCUT2D eigenvalue weighted by Gasteiger charge is -2.19. The van der Waals surface area contributed by atoms with Crippen molar-refractivity contribution < 1.29 is 15.0 Å². The first-order chi connectivity index (χ1) is 6.16. The summed E-state index contributed by atoms with van der Waals surface area (Å²) in [5.74, 6) is 0.983. The molecule has 1 saturated carbocycles. The van der Waals surface area contributed by atoms with E-state index < -0.39 is 6.16 Å². The number of allylic oxidation sites excluding steroid dienone is 1. The molecule has 0 spiro atoms. The van der Waals surface area contributed by atoms with Crippen molar-refractivity contribution in [2.75, 3.05) is 0 Å². The molecule has 0 bridgehead atoms. The zero-order valence-electron chi connectivity index (χ0n) is 7.91. The zero-order chi connectivity index (χ0) is 10.1. The lowest BCUT2D eigenvalue weighted by atomic mass is 9.87. The summed E-state index contributed by atoms with van der Waals surface area (Å²) in [7, 11) is 0. The molecule has 2 N–H and O–H groups in total. The second-order valence-corrected chi connectivity index (χ2v) is 3.31. The average Bonchev–Trinajstić information content (AvgIpc) is 2.06. The Hall–Kier alpha value is -0.990. The van der Waals surface area contributed by atoms with Crippen molar-refractivity contribution in [3.63, 3.8) is 0 Å². The fraction of sp³-hybridized carbons (Fsp3) is 0.700. The number of hydrogen-bond donors (Lipinski definition) is 2. The van der Waals surface area contributed by atoms with Crippen LogP contribution < -0.4 is 0 Å². The molecule has 0 aromatic rings. The maximum Gasteiger partial charge on any atom is 0.503 e. The first-order valence-electron chi connectivity index (χ1n) is 4.69. The van der Waals surface area contributed by atoms with Crippen LogP contribution in [0.2, 0.25) is 0 Å². The molecule has 1 aliphatic rings. The van der Waals surface area contributed by atoms with E-state index in [0.717, 1.165) is 5.92 Å². The van der Waals surface area contributed by atoms with Crippen LogP contribution in [-0.4, -0.2) is 16.4 Å². The standard InChI is InChI=1S/C9H16.CH2O3/c1-2-6-9-7-4-3-5-8-9;2-1(3)4/h2,9H,1,3-8H2;(H2,2,3,4). The number of carboxylic acid groups (broad SMARTS) is 2. The average molecular weight is 186 g/mol. The highest BCUT2D eigenvalue weighted by Crippen LogP contribution is 2.25. The van der Waals surface area contributed by atoms with Crippen LogP contribution in [0.15, 0.2) is 12.7 Å². The van der Waals surface area contributed by atoms with E-state index in [2.05, 4.69) is 12.7 Å². The first kappa shape index (κ1) is 12.0. The van der Waals surface area contributed by atoms with Crippen LogP contribution in [-0.2, 0) is 0 Å². The van der Waals surface area contributed by atoms with Crippen molar-refractivity contribution in [2.45, 2.75) is 38.5 Å². The maximum atomic E-state index is 8.56. The summed E-state index contributed by atoms with van der Waals surface area (Å²) < 4.78 is 0. The van der Waals surface area contributed by atoms with E-state index in [4.69, 9.17) is 15.0 Å². The fourth-order valence-corrected chi connectivity index (χ4v) is 1.66. The van der Waals surface area contributed by atoms with Crippen LogP contribution >= 0.6 is 0 Å². The van der Waals surface area contributed by atoms with Gasteiger partial charge in [-0.1, -0.05) is 38.2 Å². The topological polar surface area (TPSA) is 57.5 Å². The summed E-state index contributed by atoms with van der Waals surface area (Å²) in [6.45, 7) is 3.75. The van der Waals surface area contributed by atoms with Crippen molar-refractivity contribution in [3.8, 4) is 0 Å². The van der Waals surface area contributed by atoms with Gasteiger partial charge in [-0.3, -0.25) is 0 Å². The molecule has 3 nitrogen and oxygen atoms in total. The van der Waals surface area contributed by atoms with Gasteiger partial charge in [0, 0.05) is 0 Å². The van der Waals surface area contributed by atoms with Crippen LogP contribution in [0.3, 0.4) is 0 Å². The summed E-state index contributed by atoms with van der Waals surface area (Å²) in [6, 6.07) is 0. The molecule has 0 atom stereocenters. The van der Waals surface area contributed by atoms with Gasteiger partial charge < -0.3 is 10.2 Å². The minimum Gasteiger partial charge on any atom is -0.450 e. The number of hydrogen-bond acceptors (Lipinski definition) is 1. The molecule has 1 fully saturated rings. The molecule has 13 heavy (non-hydrogen) atoms. The number of carbonyl (C=O) groups is 1. The Bertz CT molecular complexity index is 144. The number of rotatable bonds is 2. The van der Waals surface area contributed by atoms with Crippen LogP contribution in [0.25, 0.3) is 0 Å². The minimum atomic E-state index is -1.83. The maximum absolute atomic E-state index is 8.56. The van der Waals surface area contributed by atoms with Gasteiger partial charge in [-0.25, -0.2) is 4.79 Å². The Labute approximate surface area is 79.1 Å². The quantitative estimate of drug-likeness (QED) is 0.650. The third kappa shape index (κ3) is 8.92. The molecule has 76 valence electrons. The Balaban J connectivity index is 0.000000310. The second kappa shape index (κ2) is 7.65. The molecule has 0 saturated heterocycles. The smallest absolute Gasteiger partial charge is 0.450 e. The first-order valence-corrected chi connectivity index (χ1v) is 4.69. The predicted molar refractivity (Wildman–Crippen MR) is 52.0 cm³/mol. The van der Waals surface area contributed by atoms with E-state index in [0.29, 0.717) is 0 Å².